The molecule has 0 radical (unpaired) electrons. The molecule has 3 heteroatoms. The van der Waals surface area contributed by atoms with Crippen LogP contribution in [0.5, 0.6) is 0 Å². The van der Waals surface area contributed by atoms with Crippen LogP contribution in [0, 0.1) is 6.92 Å². The lowest BCUT2D eigenvalue weighted by molar-refractivity contribution is 0.258. The normalized spacial score (nSPS) is 20.8. The fraction of sp³-hybridized carbons (Fsp3) is 0.381. The molecule has 3 aromatic rings. The number of imidazole rings is 1. The number of aromatic nitrogens is 2. The first-order chi connectivity index (χ1) is 11.8. The van der Waals surface area contributed by atoms with E-state index in [-0.39, 0.29) is 0 Å². The molecule has 2 aliphatic rings. The van der Waals surface area contributed by atoms with Crippen LogP contribution in [0.25, 0.3) is 22.2 Å². The van der Waals surface area contributed by atoms with Crippen LogP contribution in [-0.4, -0.2) is 33.6 Å². The average molecular weight is 317 g/mol. The van der Waals surface area contributed by atoms with E-state index in [1.807, 2.05) is 0 Å². The molecule has 24 heavy (non-hydrogen) atoms. The summed E-state index contributed by atoms with van der Waals surface area (Å²) in [5, 5.41) is 0. The van der Waals surface area contributed by atoms with Crippen molar-refractivity contribution < 1.29 is 0 Å². The van der Waals surface area contributed by atoms with Crippen LogP contribution < -0.4 is 0 Å². The molecular weight excluding hydrogens is 294 g/mol. The predicted octanol–water partition coefficient (Wildman–Crippen LogP) is 4.03. The Morgan fingerprint density at radius 2 is 1.79 bits per heavy atom. The Bertz CT molecular complexity index is 891. The molecule has 5 rings (SSSR count). The fourth-order valence-corrected chi connectivity index (χ4v) is 4.37. The lowest BCUT2D eigenvalue weighted by Gasteiger charge is -2.20. The van der Waals surface area contributed by atoms with Gasteiger partial charge in [0, 0.05) is 25.6 Å². The van der Waals surface area contributed by atoms with Crippen molar-refractivity contribution in [2.75, 3.05) is 13.1 Å². The Morgan fingerprint density at radius 1 is 0.958 bits per heavy atom. The first kappa shape index (κ1) is 14.2. The van der Waals surface area contributed by atoms with Crippen molar-refractivity contribution in [2.45, 2.75) is 38.8 Å². The minimum atomic E-state index is 0.708. The minimum absolute atomic E-state index is 0.708. The quantitative estimate of drug-likeness (QED) is 0.675. The summed E-state index contributed by atoms with van der Waals surface area (Å²) in [5.41, 5.74) is 6.28. The van der Waals surface area contributed by atoms with E-state index in [1.54, 1.807) is 0 Å². The summed E-state index contributed by atoms with van der Waals surface area (Å²) < 4.78 is 2.45. The summed E-state index contributed by atoms with van der Waals surface area (Å²) in [7, 11) is 0. The molecule has 1 fully saturated rings. The minimum Gasteiger partial charge on any atom is -0.327 e. The topological polar surface area (TPSA) is 21.1 Å². The molecular formula is C21H23N3. The van der Waals surface area contributed by atoms with Crippen LogP contribution in [0.2, 0.25) is 0 Å². The van der Waals surface area contributed by atoms with E-state index in [1.165, 1.54) is 54.0 Å². The number of benzene rings is 2. The molecule has 0 N–H and O–H groups in total. The smallest absolute Gasteiger partial charge is 0.111 e. The average Bonchev–Trinajstić information content (AvgIpc) is 3.13. The lowest BCUT2D eigenvalue weighted by Crippen LogP contribution is -2.30. The molecule has 1 saturated heterocycles. The summed E-state index contributed by atoms with van der Waals surface area (Å²) >= 11 is 0. The molecule has 3 nitrogen and oxygen atoms in total. The van der Waals surface area contributed by atoms with Crippen molar-refractivity contribution in [2.24, 2.45) is 0 Å². The van der Waals surface area contributed by atoms with Gasteiger partial charge in [0.05, 0.1) is 11.0 Å². The number of hydrogen-bond donors (Lipinski definition) is 0. The molecule has 122 valence electrons. The highest BCUT2D eigenvalue weighted by Crippen LogP contribution is 2.29. The van der Waals surface area contributed by atoms with Crippen molar-refractivity contribution in [1.82, 2.24) is 14.5 Å². The molecule has 0 spiro atoms. The van der Waals surface area contributed by atoms with E-state index < -0.39 is 0 Å². The highest BCUT2D eigenvalue weighted by Gasteiger charge is 2.29. The van der Waals surface area contributed by atoms with Gasteiger partial charge in [0.1, 0.15) is 5.82 Å². The third-order valence-electron chi connectivity index (χ3n) is 5.74. The van der Waals surface area contributed by atoms with E-state index in [4.69, 9.17) is 4.98 Å². The number of nitrogens with zero attached hydrogens (tertiary/aromatic N) is 3. The van der Waals surface area contributed by atoms with Crippen molar-refractivity contribution in [3.05, 3.63) is 53.9 Å². The Morgan fingerprint density at radius 3 is 2.67 bits per heavy atom. The summed E-state index contributed by atoms with van der Waals surface area (Å²) in [4.78, 5) is 7.67. The van der Waals surface area contributed by atoms with Gasteiger partial charge < -0.3 is 4.57 Å². The molecule has 0 amide bonds. The molecule has 1 unspecified atom stereocenters. The van der Waals surface area contributed by atoms with E-state index in [2.05, 4.69) is 58.9 Å². The summed E-state index contributed by atoms with van der Waals surface area (Å²) in [6.45, 7) is 5.64. The molecule has 3 heterocycles. The Labute approximate surface area is 142 Å². The maximum Gasteiger partial charge on any atom is 0.111 e. The number of fused-ring (bicyclic) bond motifs is 4. The summed E-state index contributed by atoms with van der Waals surface area (Å²) in [6, 6.07) is 16.2. The van der Waals surface area contributed by atoms with Gasteiger partial charge in [0.2, 0.25) is 0 Å². The third kappa shape index (κ3) is 2.27. The maximum absolute atomic E-state index is 5.01. The highest BCUT2D eigenvalue weighted by atomic mass is 15.2. The molecule has 1 atom stereocenters. The van der Waals surface area contributed by atoms with Gasteiger partial charge in [-0.05, 0) is 49.6 Å². The van der Waals surface area contributed by atoms with Crippen LogP contribution in [-0.2, 0) is 13.0 Å². The van der Waals surface area contributed by atoms with E-state index in [0.717, 1.165) is 18.5 Å². The first-order valence-electron chi connectivity index (χ1n) is 9.08. The summed E-state index contributed by atoms with van der Waals surface area (Å²) in [6.07, 6.45) is 3.79. The van der Waals surface area contributed by atoms with Gasteiger partial charge in [-0.25, -0.2) is 4.98 Å². The van der Waals surface area contributed by atoms with Crippen LogP contribution >= 0.6 is 0 Å². The van der Waals surface area contributed by atoms with Gasteiger partial charge >= 0.3 is 0 Å². The second kappa shape index (κ2) is 5.45. The zero-order valence-corrected chi connectivity index (χ0v) is 14.2. The van der Waals surface area contributed by atoms with Gasteiger partial charge in [-0.3, -0.25) is 4.90 Å². The second-order valence-corrected chi connectivity index (χ2v) is 7.29. The maximum atomic E-state index is 5.01. The molecule has 0 aliphatic carbocycles. The summed E-state index contributed by atoms with van der Waals surface area (Å²) in [5.74, 6) is 1.28. The van der Waals surface area contributed by atoms with Crippen molar-refractivity contribution in [3.63, 3.8) is 0 Å². The zero-order chi connectivity index (χ0) is 16.1. The van der Waals surface area contributed by atoms with Crippen LogP contribution in [0.15, 0.2) is 42.5 Å². The largest absolute Gasteiger partial charge is 0.327 e. The van der Waals surface area contributed by atoms with Gasteiger partial charge in [0.15, 0.2) is 0 Å². The lowest BCUT2D eigenvalue weighted by atomic mass is 10.0. The standard InChI is InChI=1S/C21H23N3/c1-15-4-6-16(7-5-15)17-8-9-20-19(13-17)22-21-14-18-3-2-10-23(18)11-12-24(20)21/h4-9,13,18H,2-3,10-12,14H2,1H3. The van der Waals surface area contributed by atoms with Gasteiger partial charge in [-0.15, -0.1) is 0 Å². The monoisotopic (exact) mass is 317 g/mol. The van der Waals surface area contributed by atoms with Crippen molar-refractivity contribution >= 4 is 11.0 Å². The Hall–Kier alpha value is -2.13. The Kier molecular flexibility index (Phi) is 3.23. The van der Waals surface area contributed by atoms with Gasteiger partial charge in [-0.1, -0.05) is 35.9 Å². The number of rotatable bonds is 1. The molecule has 0 saturated carbocycles. The SMILES string of the molecule is Cc1ccc(-c2ccc3c(c2)nc2n3CCN3CCCC3C2)cc1. The van der Waals surface area contributed by atoms with Gasteiger partial charge in [-0.2, -0.15) is 0 Å². The van der Waals surface area contributed by atoms with Crippen molar-refractivity contribution in [1.29, 1.82) is 0 Å². The van der Waals surface area contributed by atoms with Crippen LogP contribution in [0.1, 0.15) is 24.2 Å². The third-order valence-corrected chi connectivity index (χ3v) is 5.74. The van der Waals surface area contributed by atoms with E-state index >= 15 is 0 Å². The molecule has 2 aromatic carbocycles. The molecule has 2 aliphatic heterocycles. The molecule has 0 bridgehead atoms. The van der Waals surface area contributed by atoms with Crippen LogP contribution in [0.3, 0.4) is 0 Å². The molecule has 1 aromatic heterocycles. The van der Waals surface area contributed by atoms with Gasteiger partial charge in [0.25, 0.3) is 0 Å². The fourth-order valence-electron chi connectivity index (χ4n) is 4.37. The van der Waals surface area contributed by atoms with Crippen LogP contribution in [0.4, 0.5) is 0 Å². The zero-order valence-electron chi connectivity index (χ0n) is 14.2. The van der Waals surface area contributed by atoms with E-state index in [9.17, 15) is 0 Å². The number of aryl methyl sites for hydroxylation is 1. The number of hydrogen-bond acceptors (Lipinski definition) is 2. The predicted molar refractivity (Wildman–Crippen MR) is 98.2 cm³/mol. The Balaban J connectivity index is 1.56. The second-order valence-electron chi connectivity index (χ2n) is 7.29. The highest BCUT2D eigenvalue weighted by molar-refractivity contribution is 5.82. The van der Waals surface area contributed by atoms with E-state index in [0.29, 0.717) is 6.04 Å². The van der Waals surface area contributed by atoms with Crippen molar-refractivity contribution in [3.8, 4) is 11.1 Å². The first-order valence-corrected chi connectivity index (χ1v) is 9.08.